The number of unbranched alkanes of at least 4 members (excludes halogenated alkanes) is 1. The van der Waals surface area contributed by atoms with Crippen LogP contribution in [0, 0.1) is 0 Å². The standard InChI is InChI=1S/C24H25NO5/c1-4-6-13-25-21(15-11-12-18(29-5-2)19(14-15)28-3)20-22(26)16-9-7-8-10-17(16)30-23(20)24(25)27/h7-12,14,21H,4-6,13H2,1-3H3/t21-/m0/s1. The quantitative estimate of drug-likeness (QED) is 0.575. The number of carbonyl (C=O) groups excluding carboxylic acids is 1. The van der Waals surface area contributed by atoms with Crippen molar-refractivity contribution in [1.82, 2.24) is 4.90 Å². The minimum Gasteiger partial charge on any atom is -0.493 e. The summed E-state index contributed by atoms with van der Waals surface area (Å²) in [5.74, 6) is 1.07. The van der Waals surface area contributed by atoms with Crippen LogP contribution in [0.3, 0.4) is 0 Å². The molecular weight excluding hydrogens is 382 g/mol. The summed E-state index contributed by atoms with van der Waals surface area (Å²) in [4.78, 5) is 28.4. The highest BCUT2D eigenvalue weighted by molar-refractivity contribution is 5.99. The second kappa shape index (κ2) is 8.22. The van der Waals surface area contributed by atoms with Gasteiger partial charge < -0.3 is 18.8 Å². The molecule has 0 radical (unpaired) electrons. The number of hydrogen-bond acceptors (Lipinski definition) is 5. The predicted molar refractivity (Wildman–Crippen MR) is 114 cm³/mol. The Labute approximate surface area is 175 Å². The van der Waals surface area contributed by atoms with Gasteiger partial charge >= 0.3 is 0 Å². The van der Waals surface area contributed by atoms with Gasteiger partial charge in [-0.3, -0.25) is 9.59 Å². The van der Waals surface area contributed by atoms with Gasteiger partial charge in [0.2, 0.25) is 5.76 Å². The molecule has 0 saturated carbocycles. The zero-order valence-corrected chi connectivity index (χ0v) is 17.4. The van der Waals surface area contributed by atoms with E-state index in [1.165, 1.54) is 0 Å². The number of amides is 1. The van der Waals surface area contributed by atoms with Gasteiger partial charge in [-0.05, 0) is 43.2 Å². The van der Waals surface area contributed by atoms with Gasteiger partial charge in [-0.15, -0.1) is 0 Å². The zero-order chi connectivity index (χ0) is 21.3. The van der Waals surface area contributed by atoms with Gasteiger partial charge in [-0.25, -0.2) is 0 Å². The van der Waals surface area contributed by atoms with Gasteiger partial charge in [0.05, 0.1) is 30.7 Å². The molecule has 0 bridgehead atoms. The Morgan fingerprint density at radius 2 is 1.87 bits per heavy atom. The molecule has 6 nitrogen and oxygen atoms in total. The van der Waals surface area contributed by atoms with E-state index >= 15 is 0 Å². The molecule has 2 aromatic carbocycles. The van der Waals surface area contributed by atoms with Gasteiger partial charge in [-0.2, -0.15) is 0 Å². The maximum atomic E-state index is 13.4. The summed E-state index contributed by atoms with van der Waals surface area (Å²) in [6.07, 6.45) is 1.76. The third-order valence-corrected chi connectivity index (χ3v) is 5.43. The van der Waals surface area contributed by atoms with Crippen molar-refractivity contribution in [2.75, 3.05) is 20.3 Å². The topological polar surface area (TPSA) is 69.0 Å². The van der Waals surface area contributed by atoms with Gasteiger partial charge in [0, 0.05) is 6.54 Å². The Hall–Kier alpha value is -3.28. The van der Waals surface area contributed by atoms with Crippen molar-refractivity contribution in [1.29, 1.82) is 0 Å². The van der Waals surface area contributed by atoms with Crippen LogP contribution in [-0.4, -0.2) is 31.1 Å². The number of benzene rings is 2. The Balaban J connectivity index is 1.92. The summed E-state index contributed by atoms with van der Waals surface area (Å²) in [5, 5.41) is 0.476. The van der Waals surface area contributed by atoms with E-state index in [9.17, 15) is 9.59 Å². The van der Waals surface area contributed by atoms with Crippen molar-refractivity contribution >= 4 is 16.9 Å². The lowest BCUT2D eigenvalue weighted by atomic mass is 9.98. The van der Waals surface area contributed by atoms with E-state index in [0.717, 1.165) is 18.4 Å². The smallest absolute Gasteiger partial charge is 0.290 e. The number of nitrogens with zero attached hydrogens (tertiary/aromatic N) is 1. The Morgan fingerprint density at radius 1 is 1.07 bits per heavy atom. The number of methoxy groups -OCH3 is 1. The fourth-order valence-electron chi connectivity index (χ4n) is 4.00. The molecule has 3 aromatic rings. The summed E-state index contributed by atoms with van der Waals surface area (Å²) >= 11 is 0. The lowest BCUT2D eigenvalue weighted by Gasteiger charge is -2.25. The van der Waals surface area contributed by atoms with Crippen LogP contribution in [0.2, 0.25) is 0 Å². The molecule has 1 aromatic heterocycles. The molecule has 4 rings (SSSR count). The van der Waals surface area contributed by atoms with Crippen LogP contribution in [0.4, 0.5) is 0 Å². The fraction of sp³-hybridized carbons (Fsp3) is 0.333. The van der Waals surface area contributed by atoms with Gasteiger partial charge in [-0.1, -0.05) is 31.5 Å². The fourth-order valence-corrected chi connectivity index (χ4v) is 4.00. The monoisotopic (exact) mass is 407 g/mol. The van der Waals surface area contributed by atoms with Crippen molar-refractivity contribution in [2.24, 2.45) is 0 Å². The molecule has 0 fully saturated rings. The van der Waals surface area contributed by atoms with Crippen LogP contribution in [-0.2, 0) is 0 Å². The van der Waals surface area contributed by atoms with Crippen LogP contribution < -0.4 is 14.9 Å². The first kappa shape index (κ1) is 20.0. The van der Waals surface area contributed by atoms with Crippen molar-refractivity contribution in [3.8, 4) is 11.5 Å². The second-order valence-corrected chi connectivity index (χ2v) is 7.27. The predicted octanol–water partition coefficient (Wildman–Crippen LogP) is 4.55. The molecule has 1 atom stereocenters. The molecule has 0 saturated heterocycles. The lowest BCUT2D eigenvalue weighted by molar-refractivity contribution is 0.0725. The van der Waals surface area contributed by atoms with E-state index in [4.69, 9.17) is 13.9 Å². The molecule has 6 heteroatoms. The van der Waals surface area contributed by atoms with Crippen molar-refractivity contribution in [3.05, 3.63) is 69.6 Å². The van der Waals surface area contributed by atoms with E-state index in [0.29, 0.717) is 41.2 Å². The number of hydrogen-bond donors (Lipinski definition) is 0. The molecular formula is C24H25NO5. The summed E-state index contributed by atoms with van der Waals surface area (Å²) < 4.78 is 17.1. The highest BCUT2D eigenvalue weighted by Gasteiger charge is 2.42. The number of fused-ring (bicyclic) bond motifs is 2. The third kappa shape index (κ3) is 3.22. The first-order valence-electron chi connectivity index (χ1n) is 10.3. The number of carbonyl (C=O) groups is 1. The molecule has 1 aliphatic rings. The molecule has 0 aliphatic carbocycles. The van der Waals surface area contributed by atoms with E-state index in [1.807, 2.05) is 25.1 Å². The van der Waals surface area contributed by atoms with Crippen LogP contribution in [0.1, 0.15) is 54.4 Å². The first-order valence-corrected chi connectivity index (χ1v) is 10.3. The molecule has 0 unspecified atom stereocenters. The van der Waals surface area contributed by atoms with Crippen molar-refractivity contribution in [2.45, 2.75) is 32.7 Å². The number of ether oxygens (including phenoxy) is 2. The summed E-state index contributed by atoms with van der Waals surface area (Å²) in [7, 11) is 1.58. The number of rotatable bonds is 7. The van der Waals surface area contributed by atoms with E-state index < -0.39 is 6.04 Å². The summed E-state index contributed by atoms with van der Waals surface area (Å²) in [6, 6.07) is 12.1. The average molecular weight is 407 g/mol. The molecule has 156 valence electrons. The summed E-state index contributed by atoms with van der Waals surface area (Å²) in [5.41, 5.74) is 1.44. The molecule has 0 N–H and O–H groups in total. The summed E-state index contributed by atoms with van der Waals surface area (Å²) in [6.45, 7) is 5.02. The van der Waals surface area contributed by atoms with E-state index in [-0.39, 0.29) is 17.1 Å². The molecule has 1 amide bonds. The minimum atomic E-state index is -0.524. The van der Waals surface area contributed by atoms with Crippen LogP contribution >= 0.6 is 0 Å². The van der Waals surface area contributed by atoms with Crippen LogP contribution in [0.25, 0.3) is 11.0 Å². The first-order chi connectivity index (χ1) is 14.6. The number of para-hydroxylation sites is 1. The largest absolute Gasteiger partial charge is 0.493 e. The molecule has 0 spiro atoms. The second-order valence-electron chi connectivity index (χ2n) is 7.27. The van der Waals surface area contributed by atoms with Crippen molar-refractivity contribution in [3.63, 3.8) is 0 Å². The zero-order valence-electron chi connectivity index (χ0n) is 17.4. The SMILES string of the molecule is CCCCN1C(=O)c2oc3ccccc3c(=O)c2[C@@H]1c1ccc(OCC)c(OC)c1. The Morgan fingerprint density at radius 3 is 2.60 bits per heavy atom. The van der Waals surface area contributed by atoms with Crippen LogP contribution in [0.15, 0.2) is 51.7 Å². The molecule has 1 aliphatic heterocycles. The third-order valence-electron chi connectivity index (χ3n) is 5.43. The van der Waals surface area contributed by atoms with Gasteiger partial charge in [0.25, 0.3) is 5.91 Å². The van der Waals surface area contributed by atoms with E-state index in [1.54, 1.807) is 36.3 Å². The van der Waals surface area contributed by atoms with E-state index in [2.05, 4.69) is 6.92 Å². The average Bonchev–Trinajstić information content (AvgIpc) is 3.05. The Kier molecular flexibility index (Phi) is 5.48. The molecule has 2 heterocycles. The molecule has 30 heavy (non-hydrogen) atoms. The minimum absolute atomic E-state index is 0.132. The maximum absolute atomic E-state index is 13.4. The van der Waals surface area contributed by atoms with Crippen LogP contribution in [0.5, 0.6) is 11.5 Å². The lowest BCUT2D eigenvalue weighted by Crippen LogP contribution is -2.30. The Bertz CT molecular complexity index is 1150. The van der Waals surface area contributed by atoms with Gasteiger partial charge in [0.1, 0.15) is 5.58 Å². The maximum Gasteiger partial charge on any atom is 0.290 e. The highest BCUT2D eigenvalue weighted by Crippen LogP contribution is 2.41. The highest BCUT2D eigenvalue weighted by atomic mass is 16.5. The normalized spacial score (nSPS) is 15.5. The van der Waals surface area contributed by atoms with Gasteiger partial charge in [0.15, 0.2) is 16.9 Å². The van der Waals surface area contributed by atoms with Crippen molar-refractivity contribution < 1.29 is 18.7 Å².